The molecule has 9 heteroatoms. The molecule has 3 aromatic rings. The number of rotatable bonds is 8. The third-order valence-electron chi connectivity index (χ3n) is 4.76. The summed E-state index contributed by atoms with van der Waals surface area (Å²) in [7, 11) is 0. The number of carbonyl (C=O) groups excluding carboxylic acids is 3. The van der Waals surface area contributed by atoms with E-state index in [1.807, 2.05) is 19.1 Å². The molecule has 0 aliphatic heterocycles. The molecule has 0 aromatic heterocycles. The molecule has 0 saturated heterocycles. The third kappa shape index (κ3) is 7.41. The van der Waals surface area contributed by atoms with Gasteiger partial charge in [-0.05, 0) is 79.1 Å². The number of nitrogens with one attached hydrogen (secondary N) is 2. The summed E-state index contributed by atoms with van der Waals surface area (Å²) in [6.07, 6.45) is 2.22. The lowest BCUT2D eigenvalue weighted by atomic mass is 10.1. The van der Waals surface area contributed by atoms with E-state index in [0.717, 1.165) is 12.0 Å². The fourth-order valence-corrected chi connectivity index (χ4v) is 3.06. The van der Waals surface area contributed by atoms with E-state index in [-0.39, 0.29) is 5.75 Å². The maximum absolute atomic E-state index is 12.4. The number of hydrogen-bond acceptors (Lipinski definition) is 6. The molecule has 3 rings (SSSR count). The maximum Gasteiger partial charge on any atom is 0.343 e. The first-order valence-electron chi connectivity index (χ1n) is 10.9. The first-order chi connectivity index (χ1) is 16.9. The van der Waals surface area contributed by atoms with E-state index in [4.69, 9.17) is 21.1 Å². The van der Waals surface area contributed by atoms with Crippen LogP contribution in [0, 0.1) is 0 Å². The minimum atomic E-state index is -0.917. The van der Waals surface area contributed by atoms with Gasteiger partial charge < -0.3 is 14.8 Å². The van der Waals surface area contributed by atoms with E-state index in [2.05, 4.69) is 15.8 Å². The summed E-state index contributed by atoms with van der Waals surface area (Å²) in [5.74, 6) is -1.78. The molecular weight excluding hydrogens is 470 g/mol. The van der Waals surface area contributed by atoms with Crippen molar-refractivity contribution in [2.24, 2.45) is 5.10 Å². The van der Waals surface area contributed by atoms with Gasteiger partial charge in [0.15, 0.2) is 11.5 Å². The van der Waals surface area contributed by atoms with Crippen LogP contribution in [-0.4, -0.2) is 30.6 Å². The van der Waals surface area contributed by atoms with E-state index in [0.29, 0.717) is 34.2 Å². The molecule has 0 saturated carbocycles. The molecule has 0 atom stereocenters. The largest absolute Gasteiger partial charge is 0.490 e. The highest BCUT2D eigenvalue weighted by atomic mass is 35.5. The minimum absolute atomic E-state index is 0.224. The van der Waals surface area contributed by atoms with Gasteiger partial charge in [0, 0.05) is 10.7 Å². The van der Waals surface area contributed by atoms with Gasteiger partial charge >= 0.3 is 17.8 Å². The number of halogens is 1. The van der Waals surface area contributed by atoms with Gasteiger partial charge in [-0.25, -0.2) is 10.2 Å². The Balaban J connectivity index is 1.61. The SMILES string of the molecule is CCOc1cc(/C=N\NC(=O)C(=O)Nc2ccc(CC)cc2)ccc1OC(=O)c1ccc(Cl)cc1. The van der Waals surface area contributed by atoms with Crippen molar-refractivity contribution in [3.63, 3.8) is 0 Å². The summed E-state index contributed by atoms with van der Waals surface area (Å²) < 4.78 is 11.0. The van der Waals surface area contributed by atoms with Crippen LogP contribution in [0.2, 0.25) is 5.02 Å². The van der Waals surface area contributed by atoms with Crippen LogP contribution in [0.4, 0.5) is 5.69 Å². The highest BCUT2D eigenvalue weighted by Gasteiger charge is 2.14. The molecule has 8 nitrogen and oxygen atoms in total. The van der Waals surface area contributed by atoms with E-state index >= 15 is 0 Å². The van der Waals surface area contributed by atoms with Crippen molar-refractivity contribution in [3.8, 4) is 11.5 Å². The van der Waals surface area contributed by atoms with Gasteiger partial charge in [0.1, 0.15) is 0 Å². The third-order valence-corrected chi connectivity index (χ3v) is 5.01. The fourth-order valence-electron chi connectivity index (χ4n) is 2.93. The number of anilines is 1. The molecule has 0 heterocycles. The molecule has 180 valence electrons. The summed E-state index contributed by atoms with van der Waals surface area (Å²) in [5, 5.41) is 6.84. The van der Waals surface area contributed by atoms with Gasteiger partial charge in [-0.2, -0.15) is 5.10 Å². The number of aryl methyl sites for hydroxylation is 1. The number of hydrogen-bond donors (Lipinski definition) is 2. The van der Waals surface area contributed by atoms with Crippen molar-refractivity contribution >= 4 is 41.3 Å². The van der Waals surface area contributed by atoms with Crippen LogP contribution in [0.1, 0.15) is 35.3 Å². The topological polar surface area (TPSA) is 106 Å². The van der Waals surface area contributed by atoms with Crippen molar-refractivity contribution < 1.29 is 23.9 Å². The molecule has 0 radical (unpaired) electrons. The molecule has 0 aliphatic rings. The lowest BCUT2D eigenvalue weighted by Gasteiger charge is -2.11. The second kappa shape index (κ2) is 12.3. The number of amides is 2. The molecule has 0 bridgehead atoms. The zero-order chi connectivity index (χ0) is 25.2. The Labute approximate surface area is 207 Å². The van der Waals surface area contributed by atoms with Crippen LogP contribution >= 0.6 is 11.6 Å². The number of ether oxygens (including phenoxy) is 2. The number of benzene rings is 3. The van der Waals surface area contributed by atoms with Crippen LogP contribution in [0.3, 0.4) is 0 Å². The highest BCUT2D eigenvalue weighted by molar-refractivity contribution is 6.39. The standard InChI is InChI=1S/C26H24ClN3O5/c1-3-17-5-12-21(13-6-17)29-24(31)25(32)30-28-16-18-7-14-22(23(15-18)34-4-2)35-26(33)19-8-10-20(27)11-9-19/h5-16H,3-4H2,1-2H3,(H,29,31)(H,30,32)/b28-16-. The predicted octanol–water partition coefficient (Wildman–Crippen LogP) is 4.61. The van der Waals surface area contributed by atoms with Crippen LogP contribution in [-0.2, 0) is 16.0 Å². The second-order valence-electron chi connectivity index (χ2n) is 7.24. The first kappa shape index (κ1) is 25.5. The molecule has 0 aliphatic carbocycles. The Morgan fingerprint density at radius 2 is 1.63 bits per heavy atom. The van der Waals surface area contributed by atoms with Gasteiger partial charge in [-0.15, -0.1) is 0 Å². The monoisotopic (exact) mass is 493 g/mol. The summed E-state index contributed by atoms with van der Waals surface area (Å²) in [6, 6.07) is 18.3. The van der Waals surface area contributed by atoms with Crippen molar-refractivity contribution in [1.82, 2.24) is 5.43 Å². The summed E-state index contributed by atoms with van der Waals surface area (Å²) >= 11 is 5.85. The minimum Gasteiger partial charge on any atom is -0.490 e. The van der Waals surface area contributed by atoms with Crippen molar-refractivity contribution in [2.45, 2.75) is 20.3 Å². The summed E-state index contributed by atoms with van der Waals surface area (Å²) in [6.45, 7) is 4.15. The number of hydrazone groups is 1. The molecule has 2 amide bonds. The molecular formula is C26H24ClN3O5. The first-order valence-corrected chi connectivity index (χ1v) is 11.2. The van der Waals surface area contributed by atoms with E-state index < -0.39 is 17.8 Å². The van der Waals surface area contributed by atoms with E-state index in [1.54, 1.807) is 61.5 Å². The van der Waals surface area contributed by atoms with Crippen LogP contribution in [0.15, 0.2) is 71.8 Å². The second-order valence-corrected chi connectivity index (χ2v) is 7.68. The van der Waals surface area contributed by atoms with Crippen molar-refractivity contribution in [1.29, 1.82) is 0 Å². The molecule has 35 heavy (non-hydrogen) atoms. The Morgan fingerprint density at radius 3 is 2.29 bits per heavy atom. The number of carbonyl (C=O) groups is 3. The van der Waals surface area contributed by atoms with Crippen molar-refractivity contribution in [2.75, 3.05) is 11.9 Å². The van der Waals surface area contributed by atoms with E-state index in [1.165, 1.54) is 6.21 Å². The smallest absolute Gasteiger partial charge is 0.343 e. The van der Waals surface area contributed by atoms with Crippen molar-refractivity contribution in [3.05, 3.63) is 88.4 Å². The van der Waals surface area contributed by atoms with Gasteiger partial charge in [0.05, 0.1) is 18.4 Å². The van der Waals surface area contributed by atoms with Crippen LogP contribution in [0.5, 0.6) is 11.5 Å². The summed E-state index contributed by atoms with van der Waals surface area (Å²) in [4.78, 5) is 36.5. The molecule has 0 fully saturated rings. The Kier molecular flexibility index (Phi) is 8.97. The summed E-state index contributed by atoms with van der Waals surface area (Å²) in [5.41, 5.74) is 4.70. The van der Waals surface area contributed by atoms with Gasteiger partial charge in [-0.1, -0.05) is 30.7 Å². The molecule has 2 N–H and O–H groups in total. The average molecular weight is 494 g/mol. The zero-order valence-corrected chi connectivity index (χ0v) is 20.0. The lowest BCUT2D eigenvalue weighted by Crippen LogP contribution is -2.32. The van der Waals surface area contributed by atoms with Gasteiger partial charge in [-0.3, -0.25) is 9.59 Å². The average Bonchev–Trinajstić information content (AvgIpc) is 2.86. The Morgan fingerprint density at radius 1 is 0.914 bits per heavy atom. The quantitative estimate of drug-likeness (QED) is 0.157. The number of nitrogens with zero attached hydrogens (tertiary/aromatic N) is 1. The maximum atomic E-state index is 12.4. The van der Waals surface area contributed by atoms with Crippen LogP contribution < -0.4 is 20.2 Å². The normalized spacial score (nSPS) is 10.6. The zero-order valence-electron chi connectivity index (χ0n) is 19.2. The molecule has 0 spiro atoms. The predicted molar refractivity (Wildman–Crippen MR) is 134 cm³/mol. The fraction of sp³-hybridized carbons (Fsp3) is 0.154. The van der Waals surface area contributed by atoms with E-state index in [9.17, 15) is 14.4 Å². The molecule has 0 unspecified atom stereocenters. The van der Waals surface area contributed by atoms with Crippen LogP contribution in [0.25, 0.3) is 0 Å². The van der Waals surface area contributed by atoms with Gasteiger partial charge in [0.2, 0.25) is 0 Å². The number of esters is 1. The molecule has 3 aromatic carbocycles. The lowest BCUT2D eigenvalue weighted by molar-refractivity contribution is -0.136. The highest BCUT2D eigenvalue weighted by Crippen LogP contribution is 2.29. The Bertz CT molecular complexity index is 1220. The Hall–Kier alpha value is -4.17. The van der Waals surface area contributed by atoms with Gasteiger partial charge in [0.25, 0.3) is 0 Å².